The summed E-state index contributed by atoms with van der Waals surface area (Å²) in [5.41, 5.74) is 0.874. The standard InChI is InChI=1S/C10H12BrO/c1-2-5-10(12)8-6-3-4-7-9(8)11/h3-4,6-7,10H,2,5H2,1H3. The highest BCUT2D eigenvalue weighted by Gasteiger charge is 2.10. The zero-order valence-corrected chi connectivity index (χ0v) is 8.67. The van der Waals surface area contributed by atoms with Crippen molar-refractivity contribution in [2.24, 2.45) is 0 Å². The second kappa shape index (κ2) is 4.63. The molecule has 1 aromatic rings. The molecule has 0 aromatic heterocycles. The molecule has 0 aliphatic heterocycles. The van der Waals surface area contributed by atoms with Crippen LogP contribution in [0.5, 0.6) is 0 Å². The van der Waals surface area contributed by atoms with Gasteiger partial charge in [0.2, 0.25) is 0 Å². The number of halogens is 1. The van der Waals surface area contributed by atoms with Gasteiger partial charge in [0.05, 0.1) is 0 Å². The minimum absolute atomic E-state index is 0.578. The highest BCUT2D eigenvalue weighted by molar-refractivity contribution is 9.10. The molecule has 0 fully saturated rings. The molecule has 1 aromatic carbocycles. The molecule has 0 spiro atoms. The fourth-order valence-electron chi connectivity index (χ4n) is 1.15. The Hall–Kier alpha value is -0.340. The molecule has 0 aliphatic carbocycles. The Bertz CT molecular complexity index is 247. The molecule has 0 N–H and O–H groups in total. The number of hydrogen-bond donors (Lipinski definition) is 0. The van der Waals surface area contributed by atoms with Crippen LogP contribution >= 0.6 is 15.9 Å². The van der Waals surface area contributed by atoms with E-state index in [9.17, 15) is 5.11 Å². The van der Waals surface area contributed by atoms with Gasteiger partial charge in [-0.15, -0.1) is 0 Å². The summed E-state index contributed by atoms with van der Waals surface area (Å²) in [4.78, 5) is 0. The lowest BCUT2D eigenvalue weighted by atomic mass is 10.1. The third-order valence-electron chi connectivity index (χ3n) is 1.80. The summed E-state index contributed by atoms with van der Waals surface area (Å²) >= 11 is 3.37. The lowest BCUT2D eigenvalue weighted by Crippen LogP contribution is -1.95. The van der Waals surface area contributed by atoms with Gasteiger partial charge >= 0.3 is 0 Å². The van der Waals surface area contributed by atoms with Crippen LogP contribution in [-0.4, -0.2) is 0 Å². The zero-order valence-electron chi connectivity index (χ0n) is 7.09. The summed E-state index contributed by atoms with van der Waals surface area (Å²) in [6.45, 7) is 2.03. The first-order valence-electron chi connectivity index (χ1n) is 4.16. The first kappa shape index (κ1) is 9.75. The first-order valence-corrected chi connectivity index (χ1v) is 4.95. The van der Waals surface area contributed by atoms with E-state index in [2.05, 4.69) is 15.9 Å². The molecule has 1 nitrogen and oxygen atoms in total. The van der Waals surface area contributed by atoms with E-state index in [-0.39, 0.29) is 0 Å². The fraction of sp³-hybridized carbons (Fsp3) is 0.400. The van der Waals surface area contributed by atoms with E-state index in [1.165, 1.54) is 0 Å². The molecular formula is C10H12BrO. The van der Waals surface area contributed by atoms with E-state index in [1.807, 2.05) is 31.2 Å². The van der Waals surface area contributed by atoms with Crippen molar-refractivity contribution in [3.05, 3.63) is 34.3 Å². The Kier molecular flexibility index (Phi) is 3.76. The maximum absolute atomic E-state index is 11.5. The summed E-state index contributed by atoms with van der Waals surface area (Å²) in [7, 11) is 0. The first-order chi connectivity index (χ1) is 5.75. The van der Waals surface area contributed by atoms with E-state index in [0.717, 1.165) is 16.5 Å². The molecular weight excluding hydrogens is 216 g/mol. The molecule has 12 heavy (non-hydrogen) atoms. The Balaban J connectivity index is 2.79. The molecule has 0 saturated heterocycles. The van der Waals surface area contributed by atoms with Crippen LogP contribution in [0.1, 0.15) is 31.4 Å². The fourth-order valence-corrected chi connectivity index (χ4v) is 1.69. The van der Waals surface area contributed by atoms with Crippen molar-refractivity contribution in [1.82, 2.24) is 0 Å². The van der Waals surface area contributed by atoms with Gasteiger partial charge in [0, 0.05) is 4.47 Å². The Labute approximate surface area is 81.6 Å². The zero-order chi connectivity index (χ0) is 8.97. The topological polar surface area (TPSA) is 19.9 Å². The highest BCUT2D eigenvalue weighted by Crippen LogP contribution is 2.26. The average molecular weight is 228 g/mol. The van der Waals surface area contributed by atoms with Crippen LogP contribution < -0.4 is 0 Å². The SMILES string of the molecule is CCCC([O])c1ccccc1Br. The Morgan fingerprint density at radius 1 is 1.42 bits per heavy atom. The third kappa shape index (κ3) is 2.32. The second-order valence-electron chi connectivity index (χ2n) is 2.80. The lowest BCUT2D eigenvalue weighted by Gasteiger charge is -2.08. The van der Waals surface area contributed by atoms with Crippen molar-refractivity contribution in [1.29, 1.82) is 0 Å². The summed E-state index contributed by atoms with van der Waals surface area (Å²) in [5, 5.41) is 11.5. The van der Waals surface area contributed by atoms with E-state index >= 15 is 0 Å². The second-order valence-corrected chi connectivity index (χ2v) is 3.65. The monoisotopic (exact) mass is 227 g/mol. The van der Waals surface area contributed by atoms with Gasteiger partial charge in [0.15, 0.2) is 0 Å². The van der Waals surface area contributed by atoms with Crippen LogP contribution in [0.15, 0.2) is 28.7 Å². The van der Waals surface area contributed by atoms with Gasteiger partial charge in [-0.25, -0.2) is 5.11 Å². The number of hydrogen-bond acceptors (Lipinski definition) is 0. The number of benzene rings is 1. The quantitative estimate of drug-likeness (QED) is 0.751. The van der Waals surface area contributed by atoms with Crippen LogP contribution in [-0.2, 0) is 5.11 Å². The van der Waals surface area contributed by atoms with Gasteiger partial charge in [-0.3, -0.25) is 0 Å². The van der Waals surface area contributed by atoms with Gasteiger partial charge in [0.1, 0.15) is 6.10 Å². The maximum Gasteiger partial charge on any atom is 0.119 e. The summed E-state index contributed by atoms with van der Waals surface area (Å²) in [6, 6.07) is 7.63. The molecule has 0 bridgehead atoms. The molecule has 1 rings (SSSR count). The predicted octanol–water partition coefficient (Wildman–Crippen LogP) is 3.72. The van der Waals surface area contributed by atoms with E-state index in [4.69, 9.17) is 0 Å². The molecule has 1 unspecified atom stereocenters. The molecule has 0 amide bonds. The number of rotatable bonds is 3. The van der Waals surface area contributed by atoms with Gasteiger partial charge in [-0.2, -0.15) is 0 Å². The smallest absolute Gasteiger partial charge is 0.119 e. The largest absolute Gasteiger partial charge is 0.228 e. The summed E-state index contributed by atoms with van der Waals surface area (Å²) in [5.74, 6) is 0. The van der Waals surface area contributed by atoms with Crippen molar-refractivity contribution < 1.29 is 5.11 Å². The van der Waals surface area contributed by atoms with Crippen LogP contribution in [0, 0.1) is 0 Å². The van der Waals surface area contributed by atoms with E-state index < -0.39 is 6.10 Å². The van der Waals surface area contributed by atoms with Gasteiger partial charge < -0.3 is 0 Å². The van der Waals surface area contributed by atoms with Crippen molar-refractivity contribution in [2.45, 2.75) is 25.9 Å². The maximum atomic E-state index is 11.5. The Morgan fingerprint density at radius 2 is 2.08 bits per heavy atom. The van der Waals surface area contributed by atoms with Gasteiger partial charge in [-0.1, -0.05) is 47.5 Å². The molecule has 0 saturated carbocycles. The average Bonchev–Trinajstić information content (AvgIpc) is 2.05. The minimum Gasteiger partial charge on any atom is -0.228 e. The van der Waals surface area contributed by atoms with Crippen LogP contribution in [0.4, 0.5) is 0 Å². The van der Waals surface area contributed by atoms with E-state index in [0.29, 0.717) is 6.42 Å². The third-order valence-corrected chi connectivity index (χ3v) is 2.53. The highest BCUT2D eigenvalue weighted by atomic mass is 79.9. The molecule has 1 radical (unpaired) electrons. The predicted molar refractivity (Wildman–Crippen MR) is 52.5 cm³/mol. The summed E-state index contributed by atoms with van der Waals surface area (Å²) in [6.07, 6.45) is 1.07. The van der Waals surface area contributed by atoms with Gasteiger partial charge in [0.25, 0.3) is 0 Å². The van der Waals surface area contributed by atoms with Crippen LogP contribution in [0.25, 0.3) is 0 Å². The van der Waals surface area contributed by atoms with Crippen LogP contribution in [0.3, 0.4) is 0 Å². The van der Waals surface area contributed by atoms with E-state index in [1.54, 1.807) is 0 Å². The normalized spacial score (nSPS) is 12.9. The van der Waals surface area contributed by atoms with Crippen molar-refractivity contribution in [3.63, 3.8) is 0 Å². The van der Waals surface area contributed by atoms with Gasteiger partial charge in [-0.05, 0) is 18.1 Å². The molecule has 0 heterocycles. The van der Waals surface area contributed by atoms with Crippen molar-refractivity contribution in [2.75, 3.05) is 0 Å². The lowest BCUT2D eigenvalue weighted by molar-refractivity contribution is 0.0799. The van der Waals surface area contributed by atoms with Crippen molar-refractivity contribution in [3.8, 4) is 0 Å². The van der Waals surface area contributed by atoms with Crippen LogP contribution in [0.2, 0.25) is 0 Å². The Morgan fingerprint density at radius 3 is 2.67 bits per heavy atom. The minimum atomic E-state index is -0.578. The molecule has 1 atom stereocenters. The molecule has 2 heteroatoms. The van der Waals surface area contributed by atoms with Crippen molar-refractivity contribution >= 4 is 15.9 Å². The summed E-state index contributed by atoms with van der Waals surface area (Å²) < 4.78 is 0.929. The molecule has 0 aliphatic rings. The molecule has 65 valence electrons.